The third-order valence-corrected chi connectivity index (χ3v) is 4.19. The Morgan fingerprint density at radius 1 is 1.28 bits per heavy atom. The first-order valence-electron chi connectivity index (χ1n) is 5.43. The molecule has 0 unspecified atom stereocenters. The predicted octanol–water partition coefficient (Wildman–Crippen LogP) is 1.99. The van der Waals surface area contributed by atoms with Crippen molar-refractivity contribution >= 4 is 25.6 Å². The van der Waals surface area contributed by atoms with E-state index in [1.54, 1.807) is 0 Å². The van der Waals surface area contributed by atoms with Gasteiger partial charge in [-0.2, -0.15) is 0 Å². The summed E-state index contributed by atoms with van der Waals surface area (Å²) >= 11 is 0. The molecule has 0 N–H and O–H groups in total. The Balaban J connectivity index is 2.40. The molecule has 2 rings (SSSR count). The number of nitrogens with zero attached hydrogens (tertiary/aromatic N) is 1. The van der Waals surface area contributed by atoms with E-state index in [1.807, 2.05) is 0 Å². The fourth-order valence-electron chi connectivity index (χ4n) is 1.91. The highest BCUT2D eigenvalue weighted by molar-refractivity contribution is 8.13. The number of carbonyl (C=O) groups is 1. The summed E-state index contributed by atoms with van der Waals surface area (Å²) in [6.07, 6.45) is 1.75. The van der Waals surface area contributed by atoms with E-state index in [1.165, 1.54) is 4.90 Å². The van der Waals surface area contributed by atoms with E-state index in [2.05, 4.69) is 0 Å². The number of amides is 1. The smallest absolute Gasteiger partial charge is 0.261 e. The van der Waals surface area contributed by atoms with Gasteiger partial charge < -0.3 is 4.90 Å². The molecule has 0 aliphatic carbocycles. The van der Waals surface area contributed by atoms with Crippen LogP contribution < -0.4 is 0 Å². The van der Waals surface area contributed by atoms with E-state index in [0.29, 0.717) is 13.1 Å². The highest BCUT2D eigenvalue weighted by Crippen LogP contribution is 2.21. The fraction of sp³-hybridized carbons (Fsp3) is 0.364. The van der Waals surface area contributed by atoms with Crippen LogP contribution in [0.3, 0.4) is 0 Å². The minimum atomic E-state index is -3.96. The molecule has 1 aliphatic heterocycles. The van der Waals surface area contributed by atoms with Crippen molar-refractivity contribution in [1.29, 1.82) is 0 Å². The highest BCUT2D eigenvalue weighted by atomic mass is 35.7. The maximum atomic E-state index is 13.6. The molecular weight excluding hydrogens is 281 g/mol. The van der Waals surface area contributed by atoms with Crippen LogP contribution >= 0.6 is 10.7 Å². The highest BCUT2D eigenvalue weighted by Gasteiger charge is 2.24. The molecule has 0 saturated carbocycles. The zero-order valence-corrected chi connectivity index (χ0v) is 11.0. The number of hydrogen-bond donors (Lipinski definition) is 0. The lowest BCUT2D eigenvalue weighted by Crippen LogP contribution is -2.28. The van der Waals surface area contributed by atoms with Crippen molar-refractivity contribution in [3.8, 4) is 0 Å². The molecule has 18 heavy (non-hydrogen) atoms. The van der Waals surface area contributed by atoms with Crippen LogP contribution in [0, 0.1) is 5.82 Å². The van der Waals surface area contributed by atoms with Crippen molar-refractivity contribution in [3.63, 3.8) is 0 Å². The SMILES string of the molecule is O=C(c1cc(S(=O)(=O)Cl)ccc1F)N1CCCC1. The second-order valence-corrected chi connectivity index (χ2v) is 6.64. The van der Waals surface area contributed by atoms with Gasteiger partial charge in [0.15, 0.2) is 0 Å². The number of likely N-dealkylation sites (tertiary alicyclic amines) is 1. The van der Waals surface area contributed by atoms with Gasteiger partial charge >= 0.3 is 0 Å². The van der Waals surface area contributed by atoms with E-state index in [-0.39, 0.29) is 10.5 Å². The maximum absolute atomic E-state index is 13.6. The molecule has 4 nitrogen and oxygen atoms in total. The Labute approximate surface area is 109 Å². The van der Waals surface area contributed by atoms with Crippen molar-refractivity contribution in [1.82, 2.24) is 4.90 Å². The van der Waals surface area contributed by atoms with Crippen LogP contribution in [0.5, 0.6) is 0 Å². The Morgan fingerprint density at radius 3 is 2.44 bits per heavy atom. The van der Waals surface area contributed by atoms with Crippen LogP contribution in [0.15, 0.2) is 23.1 Å². The molecule has 98 valence electrons. The second kappa shape index (κ2) is 4.85. The molecule has 1 heterocycles. The molecule has 1 aliphatic rings. The summed E-state index contributed by atoms with van der Waals surface area (Å²) in [7, 11) is 1.21. The first-order chi connectivity index (χ1) is 8.39. The number of rotatable bonds is 2. The third-order valence-electron chi connectivity index (χ3n) is 2.84. The third kappa shape index (κ3) is 2.64. The largest absolute Gasteiger partial charge is 0.339 e. The van der Waals surface area contributed by atoms with Crippen molar-refractivity contribution in [2.45, 2.75) is 17.7 Å². The summed E-state index contributed by atoms with van der Waals surface area (Å²) in [6, 6.07) is 2.97. The molecular formula is C11H11ClFNO3S. The van der Waals surface area contributed by atoms with Crippen LogP contribution in [-0.2, 0) is 9.05 Å². The molecule has 1 amide bonds. The van der Waals surface area contributed by atoms with Crippen LogP contribution in [0.4, 0.5) is 4.39 Å². The summed E-state index contributed by atoms with van der Waals surface area (Å²) < 4.78 is 35.9. The van der Waals surface area contributed by atoms with Crippen molar-refractivity contribution < 1.29 is 17.6 Å². The minimum absolute atomic E-state index is 0.251. The molecule has 1 aromatic carbocycles. The average Bonchev–Trinajstić information content (AvgIpc) is 2.80. The van der Waals surface area contributed by atoms with Gasteiger partial charge in [-0.1, -0.05) is 0 Å². The van der Waals surface area contributed by atoms with Crippen molar-refractivity contribution in [2.75, 3.05) is 13.1 Å². The van der Waals surface area contributed by atoms with Crippen LogP contribution in [0.1, 0.15) is 23.2 Å². The number of benzene rings is 1. The number of hydrogen-bond acceptors (Lipinski definition) is 3. The lowest BCUT2D eigenvalue weighted by atomic mass is 10.2. The van der Waals surface area contributed by atoms with Crippen molar-refractivity contribution in [3.05, 3.63) is 29.6 Å². The predicted molar refractivity (Wildman–Crippen MR) is 64.6 cm³/mol. The van der Waals surface area contributed by atoms with Gasteiger partial charge in [0.25, 0.3) is 15.0 Å². The van der Waals surface area contributed by atoms with E-state index < -0.39 is 20.8 Å². The van der Waals surface area contributed by atoms with Crippen LogP contribution in [0.2, 0.25) is 0 Å². The molecule has 7 heteroatoms. The van der Waals surface area contributed by atoms with E-state index in [0.717, 1.165) is 31.0 Å². The summed E-state index contributed by atoms with van der Waals surface area (Å²) in [6.45, 7) is 1.13. The van der Waals surface area contributed by atoms with Gasteiger partial charge in [-0.3, -0.25) is 4.79 Å². The lowest BCUT2D eigenvalue weighted by Gasteiger charge is -2.15. The monoisotopic (exact) mass is 291 g/mol. The Morgan fingerprint density at radius 2 is 1.89 bits per heavy atom. The first kappa shape index (κ1) is 13.3. The average molecular weight is 292 g/mol. The van der Waals surface area contributed by atoms with Crippen molar-refractivity contribution in [2.24, 2.45) is 0 Å². The van der Waals surface area contributed by atoms with Gasteiger partial charge in [-0.15, -0.1) is 0 Å². The molecule has 0 aromatic heterocycles. The molecule has 0 radical (unpaired) electrons. The molecule has 1 fully saturated rings. The Kier molecular flexibility index (Phi) is 3.59. The quantitative estimate of drug-likeness (QED) is 0.783. The zero-order chi connectivity index (χ0) is 13.3. The van der Waals surface area contributed by atoms with E-state index in [9.17, 15) is 17.6 Å². The molecule has 0 bridgehead atoms. The normalized spacial score (nSPS) is 16.0. The molecule has 0 spiro atoms. The van der Waals surface area contributed by atoms with Gasteiger partial charge in [-0.05, 0) is 31.0 Å². The number of carbonyl (C=O) groups excluding carboxylic acids is 1. The minimum Gasteiger partial charge on any atom is -0.339 e. The maximum Gasteiger partial charge on any atom is 0.261 e. The van der Waals surface area contributed by atoms with Gasteiger partial charge in [0.05, 0.1) is 10.5 Å². The summed E-state index contributed by atoms with van der Waals surface area (Å²) in [4.78, 5) is 13.2. The van der Waals surface area contributed by atoms with Crippen LogP contribution in [-0.4, -0.2) is 32.3 Å². The van der Waals surface area contributed by atoms with Crippen LogP contribution in [0.25, 0.3) is 0 Å². The summed E-state index contributed by atoms with van der Waals surface area (Å²) in [5.41, 5.74) is -0.251. The van der Waals surface area contributed by atoms with Gasteiger partial charge in [0.1, 0.15) is 5.82 Å². The van der Waals surface area contributed by atoms with Gasteiger partial charge in [-0.25, -0.2) is 12.8 Å². The molecule has 0 atom stereocenters. The van der Waals surface area contributed by atoms with E-state index >= 15 is 0 Å². The summed E-state index contributed by atoms with van der Waals surface area (Å²) in [5.74, 6) is -1.23. The second-order valence-electron chi connectivity index (χ2n) is 4.08. The topological polar surface area (TPSA) is 54.5 Å². The first-order valence-corrected chi connectivity index (χ1v) is 7.74. The molecule has 1 saturated heterocycles. The van der Waals surface area contributed by atoms with Gasteiger partial charge in [0.2, 0.25) is 0 Å². The molecule has 1 aromatic rings. The Bertz CT molecular complexity index is 582. The van der Waals surface area contributed by atoms with Gasteiger partial charge in [0, 0.05) is 23.8 Å². The number of halogens is 2. The standard InChI is InChI=1S/C11H11ClFNO3S/c12-18(16,17)8-3-4-10(13)9(7-8)11(15)14-5-1-2-6-14/h3-4,7H,1-2,5-6H2. The van der Waals surface area contributed by atoms with E-state index in [4.69, 9.17) is 10.7 Å². The zero-order valence-electron chi connectivity index (χ0n) is 9.40. The lowest BCUT2D eigenvalue weighted by molar-refractivity contribution is 0.0788. The fourth-order valence-corrected chi connectivity index (χ4v) is 2.69. The Hall–Kier alpha value is -1.14. The summed E-state index contributed by atoms with van der Waals surface area (Å²) in [5, 5.41) is 0.